The van der Waals surface area contributed by atoms with Crippen molar-refractivity contribution in [1.82, 2.24) is 0 Å². The molecule has 1 fully saturated rings. The van der Waals surface area contributed by atoms with Crippen LogP contribution in [0.25, 0.3) is 0 Å². The van der Waals surface area contributed by atoms with Gasteiger partial charge in [-0.15, -0.1) is 5.56 Å². The third-order valence-electron chi connectivity index (χ3n) is 6.77. The van der Waals surface area contributed by atoms with E-state index in [2.05, 4.69) is 26.8 Å². The van der Waals surface area contributed by atoms with Crippen LogP contribution in [0.1, 0.15) is 67.2 Å². The van der Waals surface area contributed by atoms with Gasteiger partial charge in [0.05, 0.1) is 18.6 Å². The van der Waals surface area contributed by atoms with Crippen LogP contribution in [0.2, 0.25) is 0 Å². The molecule has 2 aromatic carbocycles. The first-order valence-electron chi connectivity index (χ1n) is 9.66. The van der Waals surface area contributed by atoms with Crippen LogP contribution in [-0.2, 0) is 42.2 Å². The Kier molecular flexibility index (Phi) is 9.21. The Morgan fingerprint density at radius 3 is 2.19 bits per heavy atom. The zero-order valence-corrected chi connectivity index (χ0v) is 20.5. The molecular formula is C25H33BO5Y-. The molecule has 5 rings (SSSR count). The van der Waals surface area contributed by atoms with E-state index in [1.807, 2.05) is 19.1 Å². The molecule has 2 heterocycles. The van der Waals surface area contributed by atoms with Gasteiger partial charge in [0.1, 0.15) is 0 Å². The zero-order chi connectivity index (χ0) is 19.7. The van der Waals surface area contributed by atoms with Crippen LogP contribution in [0.4, 0.5) is 0 Å². The quantitative estimate of drug-likeness (QED) is 0.344. The van der Waals surface area contributed by atoms with Crippen molar-refractivity contribution in [3.05, 3.63) is 57.1 Å². The van der Waals surface area contributed by atoms with E-state index in [0.717, 1.165) is 33.4 Å². The zero-order valence-electron chi connectivity index (χ0n) is 17.6. The van der Waals surface area contributed by atoms with Crippen molar-refractivity contribution < 1.29 is 58.2 Å². The van der Waals surface area contributed by atoms with Gasteiger partial charge in [-0.2, -0.15) is 28.3 Å². The minimum Gasteiger partial charge on any atom is -0.465 e. The molecule has 0 spiro atoms. The van der Waals surface area contributed by atoms with Gasteiger partial charge in [0, 0.05) is 48.5 Å². The number of cyclic esters (lactones) is 1. The third-order valence-corrected chi connectivity index (χ3v) is 6.77. The van der Waals surface area contributed by atoms with E-state index in [4.69, 9.17) is 14.2 Å². The van der Waals surface area contributed by atoms with E-state index in [9.17, 15) is 9.90 Å². The molecule has 1 N–H and O–H groups in total. The van der Waals surface area contributed by atoms with Gasteiger partial charge in [-0.1, -0.05) is 42.5 Å². The average molecular weight is 514 g/mol. The second kappa shape index (κ2) is 10.3. The predicted octanol–water partition coefficient (Wildman–Crippen LogP) is 4.55. The Morgan fingerprint density at radius 2 is 1.56 bits per heavy atom. The second-order valence-corrected chi connectivity index (χ2v) is 8.12. The molecule has 1 saturated heterocycles. The molecule has 32 heavy (non-hydrogen) atoms. The van der Waals surface area contributed by atoms with E-state index in [-0.39, 0.29) is 88.6 Å². The fourth-order valence-electron chi connectivity index (χ4n) is 5.16. The van der Waals surface area contributed by atoms with E-state index in [1.165, 1.54) is 5.56 Å². The largest absolute Gasteiger partial charge is 0.465 e. The molecule has 0 saturated carbocycles. The summed E-state index contributed by atoms with van der Waals surface area (Å²) in [4.78, 5) is 12.8. The summed E-state index contributed by atoms with van der Waals surface area (Å²) in [5.74, 6) is 0.156. The van der Waals surface area contributed by atoms with Crippen molar-refractivity contribution in [3.63, 3.8) is 0 Å². The van der Waals surface area contributed by atoms with Crippen molar-refractivity contribution in [2.75, 3.05) is 13.4 Å². The monoisotopic (exact) mass is 514 g/mol. The Labute approximate surface area is 220 Å². The number of benzene rings is 2. The maximum absolute atomic E-state index is 12.8. The number of aliphatic hydroxyl groups excluding tert-OH is 1. The number of hydrogen-bond donors (Lipinski definition) is 1. The van der Waals surface area contributed by atoms with Gasteiger partial charge in [0.15, 0.2) is 11.5 Å². The minimum atomic E-state index is -0.770. The first kappa shape index (κ1) is 28.7. The van der Waals surface area contributed by atoms with Crippen molar-refractivity contribution in [2.24, 2.45) is 11.8 Å². The number of carbonyl (C=O) groups is 1. The standard InChI is InChI=1S/C23H23O5.2CH4.B.Y.H2/c1-10-5-11(2)19(13(4)12(10)3)20-14-6-17-18(28-9-27-17)7-15(14)22(24)16-8-26-23(25)21(16)20;;;;;/h6-7,16,20-22,24H,8-9H2,1-4H3;2*1H4;;;1H/q-1;;;;;/t16?,20-,21+,22-;;;;;/m0...../s1/i;;;;;1+1. The summed E-state index contributed by atoms with van der Waals surface area (Å²) >= 11 is 0. The number of carbonyl (C=O) groups excluding carboxylic acids is 1. The van der Waals surface area contributed by atoms with Gasteiger partial charge in [0.2, 0.25) is 6.79 Å². The van der Waals surface area contributed by atoms with Gasteiger partial charge in [-0.05, 0) is 29.2 Å². The van der Waals surface area contributed by atoms with Gasteiger partial charge < -0.3 is 19.3 Å². The number of aryl methyl sites for hydroxylation is 2. The summed E-state index contributed by atoms with van der Waals surface area (Å²) < 4.78 is 16.5. The van der Waals surface area contributed by atoms with Gasteiger partial charge >= 0.3 is 5.97 Å². The summed E-state index contributed by atoms with van der Waals surface area (Å²) in [5.41, 5.74) is 7.30. The third kappa shape index (κ3) is 4.03. The van der Waals surface area contributed by atoms with Crippen molar-refractivity contribution >= 4 is 14.4 Å². The SMILES string of the molecule is C.C.Cc1[c-]c(C)c([C@@H]2c3cc4c(cc3[C@H](O)C3COC(=O)[C@H]32)OCO4)c(C)c1C.[2HH].[B].[Y]. The van der Waals surface area contributed by atoms with E-state index >= 15 is 0 Å². The molecule has 4 radical (unpaired) electrons. The first-order chi connectivity index (χ1) is 13.4. The molecule has 4 atom stereocenters. The summed E-state index contributed by atoms with van der Waals surface area (Å²) in [6.45, 7) is 8.70. The average Bonchev–Trinajstić information content (AvgIpc) is 3.27. The maximum Gasteiger partial charge on any atom is 0.309 e. The summed E-state index contributed by atoms with van der Waals surface area (Å²) in [6, 6.07) is 7.26. The van der Waals surface area contributed by atoms with Gasteiger partial charge in [0.25, 0.3) is 0 Å². The van der Waals surface area contributed by atoms with Crippen LogP contribution < -0.4 is 9.47 Å². The topological polar surface area (TPSA) is 65.0 Å². The Bertz CT molecular complexity index is 1030. The molecule has 2 aromatic rings. The van der Waals surface area contributed by atoms with Crippen molar-refractivity contribution in [1.29, 1.82) is 0 Å². The van der Waals surface area contributed by atoms with Crippen LogP contribution in [0.5, 0.6) is 11.5 Å². The van der Waals surface area contributed by atoms with E-state index in [1.54, 1.807) is 0 Å². The number of hydrogen-bond acceptors (Lipinski definition) is 5. The van der Waals surface area contributed by atoms with Crippen LogP contribution in [0.3, 0.4) is 0 Å². The van der Waals surface area contributed by atoms with Crippen molar-refractivity contribution in [3.8, 4) is 11.5 Å². The fraction of sp³-hybridized carbons (Fsp3) is 0.480. The van der Waals surface area contributed by atoms with Crippen LogP contribution in [0, 0.1) is 45.6 Å². The van der Waals surface area contributed by atoms with Gasteiger partial charge in [-0.3, -0.25) is 4.79 Å². The molecule has 3 aliphatic rings. The second-order valence-electron chi connectivity index (χ2n) is 8.12. The van der Waals surface area contributed by atoms with E-state index in [0.29, 0.717) is 11.5 Å². The summed E-state index contributed by atoms with van der Waals surface area (Å²) in [6.07, 6.45) is -0.770. The maximum atomic E-state index is 12.8. The summed E-state index contributed by atoms with van der Waals surface area (Å²) in [5, 5.41) is 11.0. The number of aliphatic hydroxyl groups is 1. The summed E-state index contributed by atoms with van der Waals surface area (Å²) in [7, 11) is 0. The Morgan fingerprint density at radius 1 is 0.969 bits per heavy atom. The molecule has 2 aliphatic heterocycles. The van der Waals surface area contributed by atoms with Crippen molar-refractivity contribution in [2.45, 2.75) is 54.6 Å². The smallest absolute Gasteiger partial charge is 0.309 e. The first-order valence-corrected chi connectivity index (χ1v) is 9.66. The molecule has 0 amide bonds. The van der Waals surface area contributed by atoms with E-state index < -0.39 is 12.0 Å². The number of fused-ring (bicyclic) bond motifs is 3. The van der Waals surface area contributed by atoms with Gasteiger partial charge in [-0.25, -0.2) is 0 Å². The molecule has 5 nitrogen and oxygen atoms in total. The van der Waals surface area contributed by atoms with Crippen LogP contribution in [-0.4, -0.2) is 32.9 Å². The normalized spacial score (nSPS) is 24.0. The molecule has 1 unspecified atom stereocenters. The number of ether oxygens (including phenoxy) is 3. The Hall–Kier alpha value is -1.36. The molecule has 0 aromatic heterocycles. The Balaban J connectivity index is 0.00000205. The fourth-order valence-corrected chi connectivity index (χ4v) is 5.16. The van der Waals surface area contributed by atoms with Crippen LogP contribution in [0.15, 0.2) is 12.1 Å². The molecule has 1 aliphatic carbocycles. The number of rotatable bonds is 1. The number of esters is 1. The predicted molar refractivity (Wildman–Crippen MR) is 123 cm³/mol. The molecule has 170 valence electrons. The molecule has 0 bridgehead atoms. The molecule has 7 heteroatoms. The minimum absolute atomic E-state index is 0. The molecular weight excluding hydrogens is 480 g/mol. The van der Waals surface area contributed by atoms with Crippen LogP contribution >= 0.6 is 0 Å².